The first-order valence-electron chi connectivity index (χ1n) is 22.1. The number of aromatic nitrogens is 4. The molecule has 0 bridgehead atoms. The number of piperidine rings is 4. The molecular formula is C47H54N10O4. The third kappa shape index (κ3) is 8.18. The Morgan fingerprint density at radius 3 is 2.28 bits per heavy atom. The molecule has 4 fully saturated rings. The highest BCUT2D eigenvalue weighted by atomic mass is 16.5. The third-order valence-electron chi connectivity index (χ3n) is 13.7. The van der Waals surface area contributed by atoms with Crippen molar-refractivity contribution in [3.63, 3.8) is 0 Å². The molecule has 2 atom stereocenters. The molecule has 0 radical (unpaired) electrons. The number of nitrogens with zero attached hydrogens (tertiary/aromatic N) is 8. The number of anilines is 2. The minimum absolute atomic E-state index is 0.119. The molecule has 5 aliphatic heterocycles. The molecule has 2 aromatic heterocycles. The summed E-state index contributed by atoms with van der Waals surface area (Å²) < 4.78 is 8.15. The molecule has 316 valence electrons. The number of rotatable bonds is 10. The number of benzene rings is 3. The molecule has 4 saturated heterocycles. The quantitative estimate of drug-likeness (QED) is 0.162. The monoisotopic (exact) mass is 822 g/mol. The third-order valence-corrected chi connectivity index (χ3v) is 13.7. The Morgan fingerprint density at radius 1 is 0.770 bits per heavy atom. The number of hydrogen-bond donors (Lipinski definition) is 2. The van der Waals surface area contributed by atoms with Gasteiger partial charge in [-0.05, 0) is 137 Å². The molecule has 3 N–H and O–H groups in total. The zero-order valence-electron chi connectivity index (χ0n) is 34.6. The number of nitrogens with one attached hydrogen (secondary N) is 1. The lowest BCUT2D eigenvalue weighted by atomic mass is 9.91. The fourth-order valence-corrected chi connectivity index (χ4v) is 10.4. The summed E-state index contributed by atoms with van der Waals surface area (Å²) in [6, 6.07) is 23.5. The average Bonchev–Trinajstić information content (AvgIpc) is 3.84. The summed E-state index contributed by atoms with van der Waals surface area (Å²) in [6.45, 7) is 9.06. The van der Waals surface area contributed by atoms with Crippen molar-refractivity contribution in [1.29, 1.82) is 0 Å². The van der Waals surface area contributed by atoms with Gasteiger partial charge in [0.25, 0.3) is 5.91 Å². The molecule has 5 aromatic rings. The number of nitrogen functional groups attached to an aromatic ring is 1. The van der Waals surface area contributed by atoms with Crippen LogP contribution >= 0.6 is 0 Å². The number of amides is 3. The van der Waals surface area contributed by atoms with Crippen molar-refractivity contribution in [3.05, 3.63) is 90.3 Å². The van der Waals surface area contributed by atoms with E-state index in [-0.39, 0.29) is 30.2 Å². The summed E-state index contributed by atoms with van der Waals surface area (Å²) >= 11 is 0. The Balaban J connectivity index is 0.705. The first-order chi connectivity index (χ1) is 29.8. The molecule has 10 rings (SSSR count). The van der Waals surface area contributed by atoms with E-state index in [2.05, 4.69) is 41.8 Å². The number of imide groups is 1. The Hall–Kier alpha value is -5.86. The summed E-state index contributed by atoms with van der Waals surface area (Å²) in [5, 5.41) is 8.38. The van der Waals surface area contributed by atoms with E-state index in [1.54, 1.807) is 11.2 Å². The van der Waals surface area contributed by atoms with Gasteiger partial charge in [0.2, 0.25) is 11.8 Å². The van der Waals surface area contributed by atoms with Crippen LogP contribution in [0.5, 0.6) is 11.5 Å². The van der Waals surface area contributed by atoms with Crippen molar-refractivity contribution < 1.29 is 19.1 Å². The first kappa shape index (κ1) is 39.3. The van der Waals surface area contributed by atoms with E-state index >= 15 is 0 Å². The number of carbonyl (C=O) groups excluding carboxylic acids is 3. The van der Waals surface area contributed by atoms with E-state index in [1.807, 2.05) is 60.7 Å². The van der Waals surface area contributed by atoms with Gasteiger partial charge in [0.05, 0.1) is 11.4 Å². The van der Waals surface area contributed by atoms with E-state index < -0.39 is 6.04 Å². The van der Waals surface area contributed by atoms with Crippen LogP contribution in [0, 0.1) is 11.8 Å². The van der Waals surface area contributed by atoms with Gasteiger partial charge in [-0.2, -0.15) is 5.10 Å². The van der Waals surface area contributed by atoms with Crippen molar-refractivity contribution in [3.8, 4) is 22.8 Å². The highest BCUT2D eigenvalue weighted by molar-refractivity contribution is 6.05. The van der Waals surface area contributed by atoms with Crippen molar-refractivity contribution in [2.45, 2.75) is 70.0 Å². The van der Waals surface area contributed by atoms with Gasteiger partial charge in [0.1, 0.15) is 35.4 Å². The Bertz CT molecular complexity index is 2410. The molecule has 3 amide bonds. The fraction of sp³-hybridized carbons (Fsp3) is 0.447. The molecule has 5 aliphatic rings. The number of fused-ring (bicyclic) bond motifs is 2. The lowest BCUT2D eigenvalue weighted by molar-refractivity contribution is -0.136. The molecule has 14 heteroatoms. The molecule has 1 unspecified atom stereocenters. The maximum absolute atomic E-state index is 13.2. The molecule has 0 spiro atoms. The number of para-hydroxylation sites is 1. The van der Waals surface area contributed by atoms with Gasteiger partial charge in [-0.15, -0.1) is 0 Å². The average molecular weight is 823 g/mol. The van der Waals surface area contributed by atoms with Gasteiger partial charge in [0, 0.05) is 62.5 Å². The molecule has 0 saturated carbocycles. The van der Waals surface area contributed by atoms with Gasteiger partial charge in [-0.1, -0.05) is 18.2 Å². The largest absolute Gasteiger partial charge is 0.457 e. The predicted molar refractivity (Wildman–Crippen MR) is 233 cm³/mol. The standard InChI is InChI=1S/C47H54N10O4/c48-44-42-43(33-8-11-38(12-9-33)61-37-6-2-1-3-7-37)52-57(45(42)50-30-49-44)36-5-4-20-54(29-36)27-31-16-21-53(22-17-31)26-32-18-23-55(24-19-32)35-10-13-39-34(25-35)28-56(47(39)60)40-14-15-41(58)51-46(40)59/h1-3,6-13,25,30-32,36,40H,4-5,14-24,26-29H2,(H2,48,49,50)(H,51,58,59)/t36-,40?/m1/s1. The van der Waals surface area contributed by atoms with Crippen molar-refractivity contribution in [2.75, 3.05) is 63.0 Å². The van der Waals surface area contributed by atoms with Gasteiger partial charge < -0.3 is 30.1 Å². The van der Waals surface area contributed by atoms with E-state index in [1.165, 1.54) is 12.8 Å². The number of likely N-dealkylation sites (tertiary alicyclic amines) is 2. The normalized spacial score (nSPS) is 22.2. The lowest BCUT2D eigenvalue weighted by Gasteiger charge is -2.40. The van der Waals surface area contributed by atoms with E-state index in [0.717, 1.165) is 123 Å². The van der Waals surface area contributed by atoms with Crippen molar-refractivity contribution in [2.24, 2.45) is 11.8 Å². The van der Waals surface area contributed by atoms with Gasteiger partial charge in [-0.3, -0.25) is 19.7 Å². The molecule has 0 aliphatic carbocycles. The Labute approximate surface area is 356 Å². The lowest BCUT2D eigenvalue weighted by Crippen LogP contribution is -2.52. The summed E-state index contributed by atoms with van der Waals surface area (Å²) in [5.74, 6) is 2.61. The van der Waals surface area contributed by atoms with Crippen molar-refractivity contribution >= 4 is 40.3 Å². The summed E-state index contributed by atoms with van der Waals surface area (Å²) in [5.41, 5.74) is 11.8. The van der Waals surface area contributed by atoms with Crippen molar-refractivity contribution in [1.82, 2.24) is 39.8 Å². The van der Waals surface area contributed by atoms with E-state index in [9.17, 15) is 14.4 Å². The molecule has 7 heterocycles. The summed E-state index contributed by atoms with van der Waals surface area (Å²) in [4.78, 5) is 55.8. The van der Waals surface area contributed by atoms with Crippen LogP contribution in [-0.4, -0.2) is 111 Å². The first-order valence-corrected chi connectivity index (χ1v) is 22.1. The van der Waals surface area contributed by atoms with Crippen LogP contribution < -0.4 is 20.7 Å². The fourth-order valence-electron chi connectivity index (χ4n) is 10.4. The summed E-state index contributed by atoms with van der Waals surface area (Å²) in [6.07, 6.45) is 9.13. The highest BCUT2D eigenvalue weighted by Crippen LogP contribution is 2.36. The smallest absolute Gasteiger partial charge is 0.255 e. The second kappa shape index (κ2) is 16.9. The number of ether oxygens (including phenoxy) is 1. The number of nitrogens with two attached hydrogens (primary N) is 1. The second-order valence-electron chi connectivity index (χ2n) is 17.7. The maximum Gasteiger partial charge on any atom is 0.255 e. The summed E-state index contributed by atoms with van der Waals surface area (Å²) in [7, 11) is 0. The number of hydrogen-bond acceptors (Lipinski definition) is 11. The van der Waals surface area contributed by atoms with Gasteiger partial charge in [0.15, 0.2) is 5.65 Å². The Kier molecular flexibility index (Phi) is 10.9. The van der Waals surface area contributed by atoms with Crippen LogP contribution in [0.3, 0.4) is 0 Å². The maximum atomic E-state index is 13.2. The van der Waals surface area contributed by atoms with E-state index in [4.69, 9.17) is 20.6 Å². The molecule has 61 heavy (non-hydrogen) atoms. The SMILES string of the molecule is Nc1ncnc2c1c(-c1ccc(Oc3ccccc3)cc1)nn2[C@@H]1CCCN(CC2CCN(CC3CCN(c4ccc5c(c4)CN(C4CCC(=O)NC4=O)C5=O)CC3)CC2)C1. The zero-order valence-corrected chi connectivity index (χ0v) is 34.6. The molecular weight excluding hydrogens is 769 g/mol. The van der Waals surface area contributed by atoms with Crippen LogP contribution in [0.2, 0.25) is 0 Å². The zero-order chi connectivity index (χ0) is 41.5. The van der Waals surface area contributed by atoms with Crippen LogP contribution in [0.4, 0.5) is 11.5 Å². The minimum atomic E-state index is -0.587. The van der Waals surface area contributed by atoms with Gasteiger partial charge >= 0.3 is 0 Å². The van der Waals surface area contributed by atoms with Crippen LogP contribution in [0.25, 0.3) is 22.3 Å². The highest BCUT2D eigenvalue weighted by Gasteiger charge is 2.39. The van der Waals surface area contributed by atoms with Crippen LogP contribution in [0.1, 0.15) is 73.3 Å². The Morgan fingerprint density at radius 2 is 1.51 bits per heavy atom. The topological polar surface area (TPSA) is 155 Å². The second-order valence-corrected chi connectivity index (χ2v) is 17.7. The van der Waals surface area contributed by atoms with Crippen LogP contribution in [0.15, 0.2) is 79.1 Å². The molecule has 3 aromatic carbocycles. The van der Waals surface area contributed by atoms with Gasteiger partial charge in [-0.25, -0.2) is 14.6 Å². The minimum Gasteiger partial charge on any atom is -0.457 e. The number of carbonyl (C=O) groups is 3. The molecule has 14 nitrogen and oxygen atoms in total. The van der Waals surface area contributed by atoms with E-state index in [0.29, 0.717) is 36.2 Å². The van der Waals surface area contributed by atoms with Crippen LogP contribution in [-0.2, 0) is 16.1 Å². The predicted octanol–water partition coefficient (Wildman–Crippen LogP) is 5.89.